The van der Waals surface area contributed by atoms with Gasteiger partial charge in [0.25, 0.3) is 0 Å². The number of benzene rings is 1. The molecule has 0 aromatic heterocycles. The second-order valence-electron chi connectivity index (χ2n) is 5.90. The summed E-state index contributed by atoms with van der Waals surface area (Å²) in [7, 11) is -1.64. The van der Waals surface area contributed by atoms with E-state index >= 15 is 0 Å². The summed E-state index contributed by atoms with van der Waals surface area (Å²) in [4.78, 5) is 16.0. The number of nitrogens with zero attached hydrogens (tertiary/aromatic N) is 2. The molecule has 1 heterocycles. The van der Waals surface area contributed by atoms with E-state index in [9.17, 15) is 13.2 Å². The number of likely N-dealkylation sites (N-methyl/N-ethyl adjacent to an activating group) is 1. The number of nitrogens with two attached hydrogens (primary N) is 1. The number of hydrogen-bond acceptors (Lipinski definition) is 5. The number of amides is 1. The topological polar surface area (TPSA) is 83.7 Å². The summed E-state index contributed by atoms with van der Waals surface area (Å²) < 4.78 is 23.6. The van der Waals surface area contributed by atoms with E-state index in [1.165, 1.54) is 6.07 Å². The number of hydrogen-bond donors (Lipinski definition) is 1. The predicted molar refractivity (Wildman–Crippen MR) is 83.0 cm³/mol. The number of anilines is 2. The summed E-state index contributed by atoms with van der Waals surface area (Å²) >= 11 is 0. The number of carbonyl (C=O) groups excluding carboxylic acids is 1. The number of para-hydroxylation sites is 1. The van der Waals surface area contributed by atoms with E-state index in [0.29, 0.717) is 18.8 Å². The first-order valence-electron chi connectivity index (χ1n) is 6.68. The maximum Gasteiger partial charge on any atom is 0.247 e. The van der Waals surface area contributed by atoms with Gasteiger partial charge in [0.15, 0.2) is 9.84 Å². The molecule has 6 nitrogen and oxygen atoms in total. The summed E-state index contributed by atoms with van der Waals surface area (Å²) in [5.74, 6) is -0.0158. The third-order valence-corrected chi connectivity index (χ3v) is 5.09. The van der Waals surface area contributed by atoms with Crippen molar-refractivity contribution in [2.75, 3.05) is 37.0 Å². The van der Waals surface area contributed by atoms with Crippen molar-refractivity contribution in [2.24, 2.45) is 0 Å². The number of piperazine rings is 1. The van der Waals surface area contributed by atoms with Gasteiger partial charge in [-0.25, -0.2) is 8.42 Å². The Morgan fingerprint density at radius 3 is 2.43 bits per heavy atom. The monoisotopic (exact) mass is 311 g/mol. The van der Waals surface area contributed by atoms with Crippen molar-refractivity contribution in [3.8, 4) is 0 Å². The molecule has 2 N–H and O–H groups in total. The van der Waals surface area contributed by atoms with E-state index in [0.717, 1.165) is 6.26 Å². The van der Waals surface area contributed by atoms with Crippen LogP contribution in [0.5, 0.6) is 0 Å². The van der Waals surface area contributed by atoms with E-state index < -0.39 is 15.4 Å². The molecule has 21 heavy (non-hydrogen) atoms. The summed E-state index contributed by atoms with van der Waals surface area (Å²) in [6.07, 6.45) is 1.13. The first-order chi connectivity index (χ1) is 9.56. The van der Waals surface area contributed by atoms with Gasteiger partial charge in [-0.1, -0.05) is 6.07 Å². The lowest BCUT2D eigenvalue weighted by Gasteiger charge is -2.46. The van der Waals surface area contributed by atoms with E-state index in [2.05, 4.69) is 0 Å². The normalized spacial score (nSPS) is 19.0. The fourth-order valence-corrected chi connectivity index (χ4v) is 3.56. The summed E-state index contributed by atoms with van der Waals surface area (Å²) in [6.45, 7) is 4.81. The molecule has 0 aliphatic carbocycles. The molecule has 0 spiro atoms. The van der Waals surface area contributed by atoms with Crippen molar-refractivity contribution in [3.05, 3.63) is 18.2 Å². The second-order valence-corrected chi connectivity index (χ2v) is 7.88. The van der Waals surface area contributed by atoms with Crippen LogP contribution in [0.25, 0.3) is 0 Å². The van der Waals surface area contributed by atoms with Crippen molar-refractivity contribution >= 4 is 27.1 Å². The Morgan fingerprint density at radius 2 is 1.86 bits per heavy atom. The Morgan fingerprint density at radius 1 is 1.24 bits per heavy atom. The summed E-state index contributed by atoms with van der Waals surface area (Å²) in [5, 5.41) is 0. The minimum Gasteiger partial charge on any atom is -0.396 e. The molecule has 1 aliphatic heterocycles. The van der Waals surface area contributed by atoms with Gasteiger partial charge in [0.05, 0.1) is 16.3 Å². The molecule has 1 aliphatic rings. The van der Waals surface area contributed by atoms with Gasteiger partial charge in [0, 0.05) is 26.4 Å². The highest BCUT2D eigenvalue weighted by atomic mass is 32.2. The van der Waals surface area contributed by atoms with Crippen LogP contribution >= 0.6 is 0 Å². The highest BCUT2D eigenvalue weighted by molar-refractivity contribution is 7.90. The zero-order chi connectivity index (χ0) is 16.0. The summed E-state index contributed by atoms with van der Waals surface area (Å²) in [6, 6.07) is 4.89. The minimum atomic E-state index is -3.40. The Balaban J connectivity index is 2.55. The molecule has 0 bridgehead atoms. The molecule has 2 rings (SSSR count). The maximum atomic E-state index is 12.3. The Labute approximate surface area is 125 Å². The van der Waals surface area contributed by atoms with Crippen molar-refractivity contribution in [1.29, 1.82) is 0 Å². The lowest BCUT2D eigenvalue weighted by atomic mass is 9.96. The lowest BCUT2D eigenvalue weighted by Crippen LogP contribution is -2.62. The van der Waals surface area contributed by atoms with Crippen molar-refractivity contribution in [1.82, 2.24) is 4.90 Å². The molecule has 0 atom stereocenters. The molecule has 0 unspecified atom stereocenters. The smallest absolute Gasteiger partial charge is 0.247 e. The van der Waals surface area contributed by atoms with Crippen LogP contribution in [0.4, 0.5) is 11.4 Å². The van der Waals surface area contributed by atoms with E-state index in [1.54, 1.807) is 24.1 Å². The molecule has 1 fully saturated rings. The molecule has 7 heteroatoms. The van der Waals surface area contributed by atoms with Crippen LogP contribution in [0.1, 0.15) is 13.8 Å². The molecule has 1 aromatic carbocycles. The minimum absolute atomic E-state index is 0.0158. The van der Waals surface area contributed by atoms with Gasteiger partial charge in [-0.15, -0.1) is 0 Å². The number of nitrogen functional groups attached to an aromatic ring is 1. The predicted octanol–water partition coefficient (Wildman–Crippen LogP) is 0.729. The number of rotatable bonds is 2. The van der Waals surface area contributed by atoms with Gasteiger partial charge in [-0.2, -0.15) is 0 Å². The van der Waals surface area contributed by atoms with Gasteiger partial charge in [-0.05, 0) is 26.0 Å². The first kappa shape index (κ1) is 15.6. The van der Waals surface area contributed by atoms with Crippen molar-refractivity contribution in [3.63, 3.8) is 0 Å². The van der Waals surface area contributed by atoms with E-state index in [1.807, 2.05) is 18.7 Å². The van der Waals surface area contributed by atoms with Crippen LogP contribution in [0, 0.1) is 0 Å². The fraction of sp³-hybridized carbons (Fsp3) is 0.500. The Bertz CT molecular complexity index is 683. The van der Waals surface area contributed by atoms with Crippen LogP contribution in [0.2, 0.25) is 0 Å². The van der Waals surface area contributed by atoms with Gasteiger partial charge in [0.1, 0.15) is 5.54 Å². The molecule has 1 amide bonds. The SMILES string of the molecule is CN1CCN(c2cccc(S(C)(=O)=O)c2N)C(C)(C)C1=O. The zero-order valence-electron chi connectivity index (χ0n) is 12.8. The van der Waals surface area contributed by atoms with E-state index in [-0.39, 0.29) is 16.5 Å². The molecule has 0 radical (unpaired) electrons. The highest BCUT2D eigenvalue weighted by Gasteiger charge is 2.41. The van der Waals surface area contributed by atoms with Gasteiger partial charge >= 0.3 is 0 Å². The van der Waals surface area contributed by atoms with E-state index in [4.69, 9.17) is 5.73 Å². The van der Waals surface area contributed by atoms with Crippen LogP contribution in [0.15, 0.2) is 23.1 Å². The van der Waals surface area contributed by atoms with Gasteiger partial charge in [-0.3, -0.25) is 4.79 Å². The average Bonchev–Trinajstić information content (AvgIpc) is 2.36. The maximum absolute atomic E-state index is 12.3. The second kappa shape index (κ2) is 4.91. The van der Waals surface area contributed by atoms with Crippen molar-refractivity contribution < 1.29 is 13.2 Å². The molecule has 116 valence electrons. The van der Waals surface area contributed by atoms with Crippen LogP contribution in [-0.2, 0) is 14.6 Å². The Kier molecular flexibility index (Phi) is 3.65. The third kappa shape index (κ3) is 2.57. The fourth-order valence-electron chi connectivity index (χ4n) is 2.73. The highest BCUT2D eigenvalue weighted by Crippen LogP contribution is 2.35. The van der Waals surface area contributed by atoms with Crippen LogP contribution in [0.3, 0.4) is 0 Å². The zero-order valence-corrected chi connectivity index (χ0v) is 13.6. The largest absolute Gasteiger partial charge is 0.396 e. The number of carbonyl (C=O) groups is 1. The summed E-state index contributed by atoms with van der Waals surface area (Å²) in [5.41, 5.74) is 6.08. The van der Waals surface area contributed by atoms with Gasteiger partial charge in [0.2, 0.25) is 5.91 Å². The van der Waals surface area contributed by atoms with Crippen LogP contribution in [-0.4, -0.2) is 51.2 Å². The standard InChI is InChI=1S/C14H21N3O3S/c1-14(2)13(18)16(3)8-9-17(14)10-6-5-7-11(12(10)15)21(4,19)20/h5-7H,8-9,15H2,1-4H3. The quantitative estimate of drug-likeness (QED) is 0.814. The lowest BCUT2D eigenvalue weighted by molar-refractivity contribution is -0.136. The molecule has 1 aromatic rings. The van der Waals surface area contributed by atoms with Crippen LogP contribution < -0.4 is 10.6 Å². The molecule has 1 saturated heterocycles. The first-order valence-corrected chi connectivity index (χ1v) is 8.57. The average molecular weight is 311 g/mol. The molecular weight excluding hydrogens is 290 g/mol. The van der Waals surface area contributed by atoms with Crippen molar-refractivity contribution in [2.45, 2.75) is 24.3 Å². The molecular formula is C14H21N3O3S. The van der Waals surface area contributed by atoms with Gasteiger partial charge < -0.3 is 15.5 Å². The number of sulfone groups is 1. The molecule has 0 saturated carbocycles. The third-order valence-electron chi connectivity index (χ3n) is 3.94. The Hall–Kier alpha value is -1.76.